The van der Waals surface area contributed by atoms with Gasteiger partial charge in [-0.3, -0.25) is 0 Å². The molecular weight excluding hydrogens is 250 g/mol. The molecule has 0 aliphatic heterocycles. The molecule has 0 saturated heterocycles. The standard InChI is InChI=1S/C8H8BrN3O2/c1-10-4-7-11-8(14-12-7)5-2-3-6(9)13-5/h2-3,10H,4H2,1H3. The molecule has 5 nitrogen and oxygen atoms in total. The molecule has 2 aromatic rings. The molecular formula is C8H8BrN3O2. The average molecular weight is 258 g/mol. The van der Waals surface area contributed by atoms with Crippen LogP contribution in [0.1, 0.15) is 5.82 Å². The summed E-state index contributed by atoms with van der Waals surface area (Å²) in [5.74, 6) is 1.56. The van der Waals surface area contributed by atoms with Crippen molar-refractivity contribution >= 4 is 15.9 Å². The van der Waals surface area contributed by atoms with Gasteiger partial charge in [0.05, 0.1) is 6.54 Å². The molecule has 2 aromatic heterocycles. The summed E-state index contributed by atoms with van der Waals surface area (Å²) in [5.41, 5.74) is 0. The molecule has 0 aliphatic carbocycles. The first-order valence-electron chi connectivity index (χ1n) is 4.02. The second-order valence-electron chi connectivity index (χ2n) is 2.65. The van der Waals surface area contributed by atoms with Crippen molar-refractivity contribution < 1.29 is 8.94 Å². The Morgan fingerprint density at radius 2 is 2.36 bits per heavy atom. The Hall–Kier alpha value is -1.14. The van der Waals surface area contributed by atoms with Gasteiger partial charge >= 0.3 is 0 Å². The normalized spacial score (nSPS) is 10.7. The summed E-state index contributed by atoms with van der Waals surface area (Å²) >= 11 is 3.20. The largest absolute Gasteiger partial charge is 0.444 e. The molecule has 0 saturated carbocycles. The van der Waals surface area contributed by atoms with Gasteiger partial charge < -0.3 is 14.3 Å². The molecule has 0 spiro atoms. The molecule has 6 heteroatoms. The second kappa shape index (κ2) is 3.93. The van der Waals surface area contributed by atoms with Gasteiger partial charge in [-0.25, -0.2) is 0 Å². The predicted octanol–water partition coefficient (Wildman–Crippen LogP) is 1.81. The van der Waals surface area contributed by atoms with Crippen LogP contribution in [0, 0.1) is 0 Å². The van der Waals surface area contributed by atoms with Crippen LogP contribution in [-0.4, -0.2) is 17.2 Å². The quantitative estimate of drug-likeness (QED) is 0.909. The van der Waals surface area contributed by atoms with Gasteiger partial charge in [0.15, 0.2) is 16.3 Å². The summed E-state index contributed by atoms with van der Waals surface area (Å²) in [4.78, 5) is 4.13. The van der Waals surface area contributed by atoms with Gasteiger partial charge in [0.25, 0.3) is 5.89 Å². The van der Waals surface area contributed by atoms with Gasteiger partial charge in [0.1, 0.15) is 0 Å². The van der Waals surface area contributed by atoms with Crippen molar-refractivity contribution in [3.63, 3.8) is 0 Å². The van der Waals surface area contributed by atoms with E-state index in [0.29, 0.717) is 28.7 Å². The Labute approximate surface area is 88.6 Å². The summed E-state index contributed by atoms with van der Waals surface area (Å²) in [6, 6.07) is 3.54. The highest BCUT2D eigenvalue weighted by Crippen LogP contribution is 2.23. The van der Waals surface area contributed by atoms with Crippen molar-refractivity contribution in [3.8, 4) is 11.7 Å². The minimum Gasteiger partial charge on any atom is -0.444 e. The van der Waals surface area contributed by atoms with Crippen LogP contribution in [-0.2, 0) is 6.54 Å². The van der Waals surface area contributed by atoms with E-state index in [0.717, 1.165) is 0 Å². The second-order valence-corrected chi connectivity index (χ2v) is 3.43. The zero-order valence-electron chi connectivity index (χ0n) is 7.45. The number of hydrogen-bond acceptors (Lipinski definition) is 5. The van der Waals surface area contributed by atoms with Crippen molar-refractivity contribution in [3.05, 3.63) is 22.6 Å². The minimum absolute atomic E-state index is 0.390. The summed E-state index contributed by atoms with van der Waals surface area (Å²) in [5, 5.41) is 6.70. The van der Waals surface area contributed by atoms with Gasteiger partial charge in [0.2, 0.25) is 0 Å². The highest BCUT2D eigenvalue weighted by atomic mass is 79.9. The summed E-state index contributed by atoms with van der Waals surface area (Å²) in [6.45, 7) is 0.575. The molecule has 0 amide bonds. The zero-order chi connectivity index (χ0) is 9.97. The number of aromatic nitrogens is 2. The molecule has 14 heavy (non-hydrogen) atoms. The Morgan fingerprint density at radius 1 is 1.50 bits per heavy atom. The van der Waals surface area contributed by atoms with E-state index < -0.39 is 0 Å². The van der Waals surface area contributed by atoms with Gasteiger partial charge in [0, 0.05) is 0 Å². The van der Waals surface area contributed by atoms with Crippen LogP contribution >= 0.6 is 15.9 Å². The molecule has 2 heterocycles. The predicted molar refractivity (Wildman–Crippen MR) is 52.5 cm³/mol. The van der Waals surface area contributed by atoms with Gasteiger partial charge in [-0.1, -0.05) is 5.16 Å². The lowest BCUT2D eigenvalue weighted by atomic mass is 10.4. The number of nitrogens with zero attached hydrogens (tertiary/aromatic N) is 2. The van der Waals surface area contributed by atoms with E-state index >= 15 is 0 Å². The molecule has 0 radical (unpaired) electrons. The minimum atomic E-state index is 0.390. The molecule has 0 bridgehead atoms. The maximum atomic E-state index is 5.26. The fourth-order valence-electron chi connectivity index (χ4n) is 1.01. The van der Waals surface area contributed by atoms with Crippen molar-refractivity contribution in [1.82, 2.24) is 15.5 Å². The van der Waals surface area contributed by atoms with Crippen LogP contribution in [0.4, 0.5) is 0 Å². The van der Waals surface area contributed by atoms with Crippen molar-refractivity contribution in [1.29, 1.82) is 0 Å². The highest BCUT2D eigenvalue weighted by Gasteiger charge is 2.11. The molecule has 0 unspecified atom stereocenters. The Balaban J connectivity index is 2.24. The van der Waals surface area contributed by atoms with E-state index in [-0.39, 0.29) is 0 Å². The van der Waals surface area contributed by atoms with Gasteiger partial charge in [-0.15, -0.1) is 0 Å². The molecule has 0 aromatic carbocycles. The third kappa shape index (κ3) is 1.85. The van der Waals surface area contributed by atoms with E-state index in [9.17, 15) is 0 Å². The third-order valence-corrected chi connectivity index (χ3v) is 2.01. The molecule has 1 N–H and O–H groups in total. The lowest BCUT2D eigenvalue weighted by Gasteiger charge is -1.86. The van der Waals surface area contributed by atoms with Crippen LogP contribution in [0.15, 0.2) is 25.7 Å². The van der Waals surface area contributed by atoms with E-state index in [2.05, 4.69) is 31.4 Å². The monoisotopic (exact) mass is 257 g/mol. The van der Waals surface area contributed by atoms with Gasteiger partial charge in [-0.05, 0) is 35.1 Å². The van der Waals surface area contributed by atoms with Crippen LogP contribution in [0.25, 0.3) is 11.7 Å². The van der Waals surface area contributed by atoms with Crippen LogP contribution in [0.3, 0.4) is 0 Å². The van der Waals surface area contributed by atoms with Crippen LogP contribution in [0.5, 0.6) is 0 Å². The smallest absolute Gasteiger partial charge is 0.293 e. The zero-order valence-corrected chi connectivity index (χ0v) is 9.04. The molecule has 0 aliphatic rings. The summed E-state index contributed by atoms with van der Waals surface area (Å²) < 4.78 is 10.9. The lowest BCUT2D eigenvalue weighted by Crippen LogP contribution is -2.06. The number of furan rings is 1. The van der Waals surface area contributed by atoms with E-state index in [1.165, 1.54) is 0 Å². The maximum Gasteiger partial charge on any atom is 0.293 e. The van der Waals surface area contributed by atoms with E-state index in [1.807, 2.05) is 7.05 Å². The Morgan fingerprint density at radius 3 is 3.00 bits per heavy atom. The maximum absolute atomic E-state index is 5.26. The molecule has 74 valence electrons. The summed E-state index contributed by atoms with van der Waals surface area (Å²) in [6.07, 6.45) is 0. The first-order chi connectivity index (χ1) is 6.79. The number of halogens is 1. The molecule has 0 atom stereocenters. The Kier molecular flexibility index (Phi) is 2.64. The van der Waals surface area contributed by atoms with E-state index in [4.69, 9.17) is 8.94 Å². The van der Waals surface area contributed by atoms with Crippen LogP contribution < -0.4 is 5.32 Å². The third-order valence-electron chi connectivity index (χ3n) is 1.59. The fraction of sp³-hybridized carbons (Fsp3) is 0.250. The van der Waals surface area contributed by atoms with Crippen molar-refractivity contribution in [2.45, 2.75) is 6.54 Å². The molecule has 0 fully saturated rings. The number of hydrogen-bond donors (Lipinski definition) is 1. The Bertz CT molecular complexity index is 424. The van der Waals surface area contributed by atoms with Crippen molar-refractivity contribution in [2.75, 3.05) is 7.05 Å². The first-order valence-corrected chi connectivity index (χ1v) is 4.82. The highest BCUT2D eigenvalue weighted by molar-refractivity contribution is 9.10. The fourth-order valence-corrected chi connectivity index (χ4v) is 1.32. The topological polar surface area (TPSA) is 64.1 Å². The lowest BCUT2D eigenvalue weighted by molar-refractivity contribution is 0.405. The summed E-state index contributed by atoms with van der Waals surface area (Å²) in [7, 11) is 1.82. The van der Waals surface area contributed by atoms with E-state index in [1.54, 1.807) is 12.1 Å². The number of nitrogens with one attached hydrogen (secondary N) is 1. The van der Waals surface area contributed by atoms with Gasteiger partial charge in [-0.2, -0.15) is 4.98 Å². The SMILES string of the molecule is CNCc1noc(-c2ccc(Br)o2)n1. The van der Waals surface area contributed by atoms with Crippen molar-refractivity contribution in [2.24, 2.45) is 0 Å². The van der Waals surface area contributed by atoms with Crippen LogP contribution in [0.2, 0.25) is 0 Å². The first kappa shape index (κ1) is 9.42. The molecule has 2 rings (SSSR count). The number of rotatable bonds is 3. The average Bonchev–Trinajstić information content (AvgIpc) is 2.74.